The lowest BCUT2D eigenvalue weighted by atomic mass is 10.2. The standard InChI is InChI=1S/C10H17NOS/c1-2-10(9-12-5-1)8-11-3-6-13-7-4-11/h2H,1,3-9H2. The second kappa shape index (κ2) is 5.03. The molecule has 1 fully saturated rings. The summed E-state index contributed by atoms with van der Waals surface area (Å²) in [6.45, 7) is 5.42. The quantitative estimate of drug-likeness (QED) is 0.623. The molecule has 3 heteroatoms. The van der Waals surface area contributed by atoms with Gasteiger partial charge in [0.05, 0.1) is 13.2 Å². The Morgan fingerprint density at radius 2 is 2.23 bits per heavy atom. The van der Waals surface area contributed by atoms with E-state index in [1.807, 2.05) is 0 Å². The number of nitrogens with zero attached hydrogens (tertiary/aromatic N) is 1. The minimum Gasteiger partial charge on any atom is -0.377 e. The van der Waals surface area contributed by atoms with E-state index in [2.05, 4.69) is 22.7 Å². The van der Waals surface area contributed by atoms with Crippen LogP contribution >= 0.6 is 11.8 Å². The molecule has 0 atom stereocenters. The van der Waals surface area contributed by atoms with Crippen LogP contribution in [0.3, 0.4) is 0 Å². The molecular weight excluding hydrogens is 182 g/mol. The summed E-state index contributed by atoms with van der Waals surface area (Å²) >= 11 is 2.07. The fourth-order valence-electron chi connectivity index (χ4n) is 1.77. The summed E-state index contributed by atoms with van der Waals surface area (Å²) in [4.78, 5) is 2.54. The smallest absolute Gasteiger partial charge is 0.0689 e. The Hall–Kier alpha value is 0.01000. The van der Waals surface area contributed by atoms with Gasteiger partial charge in [0.25, 0.3) is 0 Å². The van der Waals surface area contributed by atoms with Crippen molar-refractivity contribution in [3.05, 3.63) is 11.6 Å². The number of thioether (sulfide) groups is 1. The van der Waals surface area contributed by atoms with Crippen molar-refractivity contribution in [3.8, 4) is 0 Å². The Balaban J connectivity index is 1.78. The van der Waals surface area contributed by atoms with Crippen molar-refractivity contribution < 1.29 is 4.74 Å². The molecule has 0 bridgehead atoms. The van der Waals surface area contributed by atoms with E-state index in [0.717, 1.165) is 26.2 Å². The number of hydrogen-bond donors (Lipinski definition) is 0. The van der Waals surface area contributed by atoms with E-state index in [1.165, 1.54) is 30.2 Å². The van der Waals surface area contributed by atoms with Gasteiger partial charge in [-0.2, -0.15) is 11.8 Å². The number of hydrogen-bond acceptors (Lipinski definition) is 3. The van der Waals surface area contributed by atoms with Gasteiger partial charge >= 0.3 is 0 Å². The van der Waals surface area contributed by atoms with Crippen LogP contribution in [0.25, 0.3) is 0 Å². The van der Waals surface area contributed by atoms with Gasteiger partial charge in [-0.25, -0.2) is 0 Å². The minimum atomic E-state index is 0.865. The van der Waals surface area contributed by atoms with E-state index in [1.54, 1.807) is 0 Å². The molecule has 74 valence electrons. The third kappa shape index (κ3) is 3.01. The molecule has 2 heterocycles. The van der Waals surface area contributed by atoms with Gasteiger partial charge < -0.3 is 4.74 Å². The Kier molecular flexibility index (Phi) is 3.70. The average Bonchev–Trinajstić information content (AvgIpc) is 2.21. The Morgan fingerprint density at radius 1 is 1.38 bits per heavy atom. The van der Waals surface area contributed by atoms with Crippen LogP contribution in [0.2, 0.25) is 0 Å². The maximum absolute atomic E-state index is 5.42. The van der Waals surface area contributed by atoms with Crippen molar-refractivity contribution in [1.29, 1.82) is 0 Å². The summed E-state index contributed by atoms with van der Waals surface area (Å²) in [5.41, 5.74) is 1.48. The van der Waals surface area contributed by atoms with Crippen LogP contribution in [0.15, 0.2) is 11.6 Å². The van der Waals surface area contributed by atoms with E-state index in [4.69, 9.17) is 4.74 Å². The first-order valence-electron chi connectivity index (χ1n) is 5.01. The van der Waals surface area contributed by atoms with Gasteiger partial charge in [-0.3, -0.25) is 4.90 Å². The van der Waals surface area contributed by atoms with Crippen LogP contribution in [0.4, 0.5) is 0 Å². The largest absolute Gasteiger partial charge is 0.377 e. The predicted octanol–water partition coefficient (Wildman–Crippen LogP) is 1.38. The Bertz CT molecular complexity index is 187. The summed E-state index contributed by atoms with van der Waals surface area (Å²) in [5, 5.41) is 0. The van der Waals surface area contributed by atoms with E-state index in [-0.39, 0.29) is 0 Å². The zero-order valence-corrected chi connectivity index (χ0v) is 8.81. The lowest BCUT2D eigenvalue weighted by Gasteiger charge is -2.28. The van der Waals surface area contributed by atoms with Crippen LogP contribution < -0.4 is 0 Å². The fraction of sp³-hybridized carbons (Fsp3) is 0.800. The molecule has 0 amide bonds. The van der Waals surface area contributed by atoms with Crippen molar-refractivity contribution in [2.24, 2.45) is 0 Å². The zero-order chi connectivity index (χ0) is 8.93. The zero-order valence-electron chi connectivity index (χ0n) is 8.00. The molecule has 1 saturated heterocycles. The molecule has 0 radical (unpaired) electrons. The fourth-order valence-corrected chi connectivity index (χ4v) is 2.74. The van der Waals surface area contributed by atoms with E-state index < -0.39 is 0 Å². The highest BCUT2D eigenvalue weighted by atomic mass is 32.2. The van der Waals surface area contributed by atoms with Gasteiger partial charge in [0.15, 0.2) is 0 Å². The summed E-state index contributed by atoms with van der Waals surface area (Å²) in [6.07, 6.45) is 3.46. The van der Waals surface area contributed by atoms with Gasteiger partial charge in [0, 0.05) is 31.1 Å². The third-order valence-corrected chi connectivity index (χ3v) is 3.46. The molecule has 0 unspecified atom stereocenters. The third-order valence-electron chi connectivity index (χ3n) is 2.51. The molecule has 0 aliphatic carbocycles. The van der Waals surface area contributed by atoms with Crippen LogP contribution in [0.1, 0.15) is 6.42 Å². The highest BCUT2D eigenvalue weighted by Crippen LogP contribution is 2.13. The number of rotatable bonds is 2. The molecule has 2 aliphatic heterocycles. The maximum atomic E-state index is 5.42. The van der Waals surface area contributed by atoms with Crippen molar-refractivity contribution in [2.75, 3.05) is 44.4 Å². The highest BCUT2D eigenvalue weighted by molar-refractivity contribution is 7.99. The average molecular weight is 199 g/mol. The summed E-state index contributed by atoms with van der Waals surface area (Å²) in [5.74, 6) is 2.60. The molecule has 2 nitrogen and oxygen atoms in total. The lowest BCUT2D eigenvalue weighted by molar-refractivity contribution is 0.143. The topological polar surface area (TPSA) is 12.5 Å². The summed E-state index contributed by atoms with van der Waals surface area (Å²) in [6, 6.07) is 0. The van der Waals surface area contributed by atoms with E-state index in [0.29, 0.717) is 0 Å². The summed E-state index contributed by atoms with van der Waals surface area (Å²) in [7, 11) is 0. The first-order chi connectivity index (χ1) is 6.45. The molecule has 0 aromatic heterocycles. The maximum Gasteiger partial charge on any atom is 0.0689 e. The van der Waals surface area contributed by atoms with Crippen molar-refractivity contribution >= 4 is 11.8 Å². The predicted molar refractivity (Wildman–Crippen MR) is 57.3 cm³/mol. The van der Waals surface area contributed by atoms with Crippen LogP contribution in [0.5, 0.6) is 0 Å². The van der Waals surface area contributed by atoms with Crippen LogP contribution in [-0.4, -0.2) is 49.3 Å². The van der Waals surface area contributed by atoms with Crippen molar-refractivity contribution in [1.82, 2.24) is 4.90 Å². The highest BCUT2D eigenvalue weighted by Gasteiger charge is 2.12. The molecule has 13 heavy (non-hydrogen) atoms. The SMILES string of the molecule is C1=C(CN2CCSCC2)COCC1. The number of ether oxygens (including phenoxy) is 1. The second-order valence-electron chi connectivity index (χ2n) is 3.59. The first-order valence-corrected chi connectivity index (χ1v) is 6.16. The Labute approximate surface area is 84.3 Å². The monoisotopic (exact) mass is 199 g/mol. The van der Waals surface area contributed by atoms with Gasteiger partial charge in [-0.05, 0) is 12.0 Å². The van der Waals surface area contributed by atoms with Crippen LogP contribution in [-0.2, 0) is 4.74 Å². The molecule has 2 rings (SSSR count). The lowest BCUT2D eigenvalue weighted by Crippen LogP contribution is -2.35. The van der Waals surface area contributed by atoms with Gasteiger partial charge in [-0.1, -0.05) is 6.08 Å². The summed E-state index contributed by atoms with van der Waals surface area (Å²) < 4.78 is 5.42. The van der Waals surface area contributed by atoms with E-state index >= 15 is 0 Å². The van der Waals surface area contributed by atoms with Crippen LogP contribution in [0, 0.1) is 0 Å². The molecule has 0 aromatic rings. The van der Waals surface area contributed by atoms with Crippen molar-refractivity contribution in [2.45, 2.75) is 6.42 Å². The molecule has 0 aromatic carbocycles. The Morgan fingerprint density at radius 3 is 2.92 bits per heavy atom. The van der Waals surface area contributed by atoms with Gasteiger partial charge in [-0.15, -0.1) is 0 Å². The molecule has 0 spiro atoms. The van der Waals surface area contributed by atoms with E-state index in [9.17, 15) is 0 Å². The van der Waals surface area contributed by atoms with Gasteiger partial charge in [0.2, 0.25) is 0 Å². The van der Waals surface area contributed by atoms with Gasteiger partial charge in [0.1, 0.15) is 0 Å². The first kappa shape index (κ1) is 9.56. The molecule has 0 N–H and O–H groups in total. The van der Waals surface area contributed by atoms with Crippen molar-refractivity contribution in [3.63, 3.8) is 0 Å². The molecular formula is C10H17NOS. The molecule has 2 aliphatic rings. The normalized spacial score (nSPS) is 25.7. The second-order valence-corrected chi connectivity index (χ2v) is 4.82. The minimum absolute atomic E-state index is 0.865. The molecule has 0 saturated carbocycles.